The van der Waals surface area contributed by atoms with Crippen molar-refractivity contribution in [2.24, 2.45) is 0 Å². The zero-order chi connectivity index (χ0) is 20.2. The molecule has 0 atom stereocenters. The fraction of sp³-hybridized carbons (Fsp3) is 0.364. The Bertz CT molecular complexity index is 959. The second kappa shape index (κ2) is 9.07. The molecule has 1 amide bonds. The number of hydrogen-bond donors (Lipinski definition) is 1. The van der Waals surface area contributed by atoms with E-state index in [-0.39, 0.29) is 5.91 Å². The van der Waals surface area contributed by atoms with Crippen molar-refractivity contribution in [3.05, 3.63) is 51.7 Å². The van der Waals surface area contributed by atoms with Crippen LogP contribution in [0.5, 0.6) is 0 Å². The SMILES string of the molecule is CCN1CCN(c2ccccc2NC(=O)Cc2sc(C)nc2-c2cccs2)CC1. The number of hydrogen-bond acceptors (Lipinski definition) is 6. The summed E-state index contributed by atoms with van der Waals surface area (Å²) in [6, 6.07) is 12.2. The lowest BCUT2D eigenvalue weighted by atomic mass is 10.2. The molecule has 0 saturated carbocycles. The largest absolute Gasteiger partial charge is 0.367 e. The third-order valence-corrected chi connectivity index (χ3v) is 7.07. The van der Waals surface area contributed by atoms with Crippen molar-refractivity contribution in [3.8, 4) is 10.6 Å². The number of thiazole rings is 1. The highest BCUT2D eigenvalue weighted by Gasteiger charge is 2.20. The lowest BCUT2D eigenvalue weighted by Crippen LogP contribution is -2.46. The third kappa shape index (κ3) is 4.69. The molecule has 1 saturated heterocycles. The third-order valence-electron chi connectivity index (χ3n) is 5.22. The molecule has 0 aliphatic carbocycles. The maximum atomic E-state index is 12.9. The molecule has 0 radical (unpaired) electrons. The van der Waals surface area contributed by atoms with Crippen LogP contribution in [-0.2, 0) is 11.2 Å². The Hall–Kier alpha value is -2.22. The second-order valence-corrected chi connectivity index (χ2v) is 9.38. The summed E-state index contributed by atoms with van der Waals surface area (Å²) in [6.45, 7) is 9.37. The average Bonchev–Trinajstić information content (AvgIpc) is 3.38. The van der Waals surface area contributed by atoms with Gasteiger partial charge in [-0.1, -0.05) is 25.1 Å². The highest BCUT2D eigenvalue weighted by Crippen LogP contribution is 2.32. The topological polar surface area (TPSA) is 48.5 Å². The number of likely N-dealkylation sites (N-methyl/N-ethyl adjacent to an activating group) is 1. The van der Waals surface area contributed by atoms with Gasteiger partial charge in [0, 0.05) is 31.1 Å². The number of aryl methyl sites for hydroxylation is 1. The van der Waals surface area contributed by atoms with E-state index in [0.29, 0.717) is 6.42 Å². The van der Waals surface area contributed by atoms with Crippen molar-refractivity contribution >= 4 is 40.0 Å². The minimum Gasteiger partial charge on any atom is -0.367 e. The zero-order valence-corrected chi connectivity index (χ0v) is 18.5. The summed E-state index contributed by atoms with van der Waals surface area (Å²) >= 11 is 3.26. The van der Waals surface area contributed by atoms with Crippen LogP contribution in [0.4, 0.5) is 11.4 Å². The molecule has 5 nitrogen and oxygen atoms in total. The van der Waals surface area contributed by atoms with Gasteiger partial charge >= 0.3 is 0 Å². The summed E-state index contributed by atoms with van der Waals surface area (Å²) in [5, 5.41) is 6.19. The molecular weight excluding hydrogens is 400 g/mol. The van der Waals surface area contributed by atoms with Crippen LogP contribution in [0.3, 0.4) is 0 Å². The summed E-state index contributed by atoms with van der Waals surface area (Å²) in [4.78, 5) is 24.5. The van der Waals surface area contributed by atoms with E-state index in [4.69, 9.17) is 0 Å². The van der Waals surface area contributed by atoms with Crippen LogP contribution in [0, 0.1) is 6.92 Å². The van der Waals surface area contributed by atoms with Crippen LogP contribution in [0.25, 0.3) is 10.6 Å². The van der Waals surface area contributed by atoms with Crippen molar-refractivity contribution < 1.29 is 4.79 Å². The minimum absolute atomic E-state index is 0.00565. The van der Waals surface area contributed by atoms with Gasteiger partial charge in [0.25, 0.3) is 0 Å². The Morgan fingerprint density at radius 2 is 1.93 bits per heavy atom. The quantitative estimate of drug-likeness (QED) is 0.630. The summed E-state index contributed by atoms with van der Waals surface area (Å²) < 4.78 is 0. The van der Waals surface area contributed by atoms with Crippen molar-refractivity contribution in [1.82, 2.24) is 9.88 Å². The number of nitrogens with one attached hydrogen (secondary N) is 1. The van der Waals surface area contributed by atoms with Crippen LogP contribution < -0.4 is 10.2 Å². The number of amides is 1. The van der Waals surface area contributed by atoms with Gasteiger partial charge in [-0.15, -0.1) is 22.7 Å². The van der Waals surface area contributed by atoms with Gasteiger partial charge in [-0.05, 0) is 37.0 Å². The van der Waals surface area contributed by atoms with Crippen molar-refractivity contribution in [2.45, 2.75) is 20.3 Å². The first kappa shape index (κ1) is 20.1. The Morgan fingerprint density at radius 3 is 2.66 bits per heavy atom. The average molecular weight is 427 g/mol. The van der Waals surface area contributed by atoms with Gasteiger partial charge in [0.2, 0.25) is 5.91 Å². The molecule has 152 valence electrons. The monoisotopic (exact) mass is 426 g/mol. The van der Waals surface area contributed by atoms with Gasteiger partial charge in [-0.2, -0.15) is 0 Å². The molecule has 2 aromatic heterocycles. The fourth-order valence-corrected chi connectivity index (χ4v) is 5.45. The van der Waals surface area contributed by atoms with E-state index >= 15 is 0 Å². The van der Waals surface area contributed by atoms with Crippen LogP contribution in [0.1, 0.15) is 16.8 Å². The molecule has 1 fully saturated rings. The Kier molecular flexibility index (Phi) is 6.28. The van der Waals surface area contributed by atoms with E-state index in [1.54, 1.807) is 22.7 Å². The number of anilines is 2. The standard InChI is InChI=1S/C22H26N4OS2/c1-3-25-10-12-26(13-11-25)18-8-5-4-7-17(18)24-21(27)15-20-22(23-16(2)29-20)19-9-6-14-28-19/h4-9,14H,3,10-13,15H2,1-2H3,(H,24,27). The fourth-order valence-electron chi connectivity index (χ4n) is 3.70. The van der Waals surface area contributed by atoms with Crippen molar-refractivity contribution in [1.29, 1.82) is 0 Å². The van der Waals surface area contributed by atoms with E-state index in [1.165, 1.54) is 0 Å². The first-order valence-corrected chi connectivity index (χ1v) is 11.7. The molecule has 29 heavy (non-hydrogen) atoms. The highest BCUT2D eigenvalue weighted by atomic mass is 32.1. The minimum atomic E-state index is 0.00565. The smallest absolute Gasteiger partial charge is 0.229 e. The number of rotatable bonds is 6. The summed E-state index contributed by atoms with van der Waals surface area (Å²) in [5.41, 5.74) is 2.94. The Balaban J connectivity index is 1.48. The van der Waals surface area contributed by atoms with Gasteiger partial charge < -0.3 is 15.1 Å². The maximum absolute atomic E-state index is 12.9. The number of para-hydroxylation sites is 2. The van der Waals surface area contributed by atoms with Crippen LogP contribution in [0.15, 0.2) is 41.8 Å². The predicted octanol–water partition coefficient (Wildman–Crippen LogP) is 4.50. The van der Waals surface area contributed by atoms with E-state index in [9.17, 15) is 4.79 Å². The predicted molar refractivity (Wildman–Crippen MR) is 123 cm³/mol. The number of thiophene rings is 1. The number of carbonyl (C=O) groups is 1. The Morgan fingerprint density at radius 1 is 1.14 bits per heavy atom. The van der Waals surface area contributed by atoms with E-state index < -0.39 is 0 Å². The second-order valence-electron chi connectivity index (χ2n) is 7.15. The molecule has 0 spiro atoms. The molecule has 0 unspecified atom stereocenters. The normalized spacial score (nSPS) is 14.9. The van der Waals surface area contributed by atoms with Gasteiger partial charge in [0.05, 0.1) is 33.4 Å². The van der Waals surface area contributed by atoms with Gasteiger partial charge in [0.1, 0.15) is 0 Å². The van der Waals surface area contributed by atoms with Crippen LogP contribution >= 0.6 is 22.7 Å². The molecule has 3 heterocycles. The first-order valence-electron chi connectivity index (χ1n) is 10.0. The lowest BCUT2D eigenvalue weighted by Gasteiger charge is -2.36. The molecule has 1 aliphatic rings. The van der Waals surface area contributed by atoms with Gasteiger partial charge in [0.15, 0.2) is 0 Å². The lowest BCUT2D eigenvalue weighted by molar-refractivity contribution is -0.115. The van der Waals surface area contributed by atoms with Crippen LogP contribution in [0.2, 0.25) is 0 Å². The van der Waals surface area contributed by atoms with E-state index in [1.807, 2.05) is 36.6 Å². The summed E-state index contributed by atoms with van der Waals surface area (Å²) in [5.74, 6) is 0.00565. The molecular formula is C22H26N4OS2. The number of aromatic nitrogens is 1. The number of benzene rings is 1. The van der Waals surface area contributed by atoms with Crippen LogP contribution in [-0.4, -0.2) is 48.5 Å². The molecule has 3 aromatic rings. The highest BCUT2D eigenvalue weighted by molar-refractivity contribution is 7.15. The summed E-state index contributed by atoms with van der Waals surface area (Å²) in [6.07, 6.45) is 0.344. The van der Waals surface area contributed by atoms with Crippen molar-refractivity contribution in [2.75, 3.05) is 42.9 Å². The van der Waals surface area contributed by atoms with E-state index in [2.05, 4.69) is 39.2 Å². The van der Waals surface area contributed by atoms with E-state index in [0.717, 1.165) is 64.6 Å². The Labute approximate surface area is 180 Å². The zero-order valence-electron chi connectivity index (χ0n) is 16.9. The molecule has 4 rings (SSSR count). The van der Waals surface area contributed by atoms with Gasteiger partial charge in [-0.25, -0.2) is 4.98 Å². The summed E-state index contributed by atoms with van der Waals surface area (Å²) in [7, 11) is 0. The first-order chi connectivity index (χ1) is 14.1. The molecule has 1 aromatic carbocycles. The molecule has 1 aliphatic heterocycles. The number of nitrogens with zero attached hydrogens (tertiary/aromatic N) is 3. The number of piperazine rings is 1. The van der Waals surface area contributed by atoms with Gasteiger partial charge in [-0.3, -0.25) is 4.79 Å². The molecule has 1 N–H and O–H groups in total. The molecule has 7 heteroatoms. The van der Waals surface area contributed by atoms with Crippen molar-refractivity contribution in [3.63, 3.8) is 0 Å². The maximum Gasteiger partial charge on any atom is 0.229 e. The number of carbonyl (C=O) groups excluding carboxylic acids is 1. The molecule has 0 bridgehead atoms.